The first-order chi connectivity index (χ1) is 13.5. The molecule has 8 rings (SSSR count). The molecule has 0 radical (unpaired) electrons. The molecule has 8 aliphatic rings. The van der Waals surface area contributed by atoms with Crippen molar-refractivity contribution >= 4 is 12.2 Å². The van der Waals surface area contributed by atoms with Gasteiger partial charge >= 0.3 is 0 Å². The first kappa shape index (κ1) is 17.6. The lowest BCUT2D eigenvalue weighted by atomic mass is 9.30. The fourth-order valence-electron chi connectivity index (χ4n) is 11.1. The molecule has 0 saturated heterocycles. The van der Waals surface area contributed by atoms with Crippen LogP contribution in [0.5, 0.6) is 0 Å². The second kappa shape index (κ2) is 5.46. The number of carbonyl (C=O) groups excluding carboxylic acids is 2. The van der Waals surface area contributed by atoms with E-state index in [1.165, 1.54) is 38.5 Å². The van der Waals surface area contributed by atoms with E-state index in [9.17, 15) is 9.59 Å². The number of hydrogen-bond donors (Lipinski definition) is 0. The Morgan fingerprint density at radius 1 is 0.786 bits per heavy atom. The zero-order chi connectivity index (χ0) is 19.2. The molecule has 8 bridgehead atoms. The Bertz CT molecular complexity index is 777. The predicted octanol–water partition coefficient (Wildman–Crippen LogP) is 4.97. The molecule has 0 spiro atoms. The van der Waals surface area contributed by atoms with E-state index in [0.29, 0.717) is 16.7 Å². The van der Waals surface area contributed by atoms with Gasteiger partial charge in [0.2, 0.25) is 12.2 Å². The van der Waals surface area contributed by atoms with Crippen molar-refractivity contribution in [2.75, 3.05) is 0 Å². The predicted molar refractivity (Wildman–Crippen MR) is 105 cm³/mol. The van der Waals surface area contributed by atoms with Crippen LogP contribution >= 0.6 is 0 Å². The summed E-state index contributed by atoms with van der Waals surface area (Å²) in [7, 11) is 0. The van der Waals surface area contributed by atoms with Crippen molar-refractivity contribution in [3.05, 3.63) is 0 Å². The third-order valence-electron chi connectivity index (χ3n) is 10.6. The standard InChI is InChI=1S/C24H32N2O2/c1-2-20-23(9-18-4-19(10-23)12-24(20,11-18)26-15-28)21-5-16-3-17(6-21)8-22(7-16,13-21)25-14-27/h16-20H,2-13H2,1H3. The number of isocyanates is 2. The third kappa shape index (κ3) is 1.99. The molecule has 0 heterocycles. The Morgan fingerprint density at radius 2 is 1.36 bits per heavy atom. The lowest BCUT2D eigenvalue weighted by Gasteiger charge is -2.75. The Balaban J connectivity index is 1.51. The second-order valence-electron chi connectivity index (χ2n) is 11.9. The fraction of sp³-hybridized carbons (Fsp3) is 0.917. The van der Waals surface area contributed by atoms with Crippen LogP contribution in [0.25, 0.3) is 0 Å². The first-order valence-corrected chi connectivity index (χ1v) is 11.7. The fourth-order valence-corrected chi connectivity index (χ4v) is 11.1. The van der Waals surface area contributed by atoms with Gasteiger partial charge in [-0.1, -0.05) is 13.3 Å². The highest BCUT2D eigenvalue weighted by atomic mass is 16.1. The zero-order valence-electron chi connectivity index (χ0n) is 17.1. The van der Waals surface area contributed by atoms with E-state index in [2.05, 4.69) is 16.9 Å². The van der Waals surface area contributed by atoms with Crippen molar-refractivity contribution in [3.8, 4) is 0 Å². The second-order valence-corrected chi connectivity index (χ2v) is 11.9. The minimum Gasteiger partial charge on any atom is -0.211 e. The molecule has 4 nitrogen and oxygen atoms in total. The van der Waals surface area contributed by atoms with E-state index >= 15 is 0 Å². The van der Waals surface area contributed by atoms with Gasteiger partial charge < -0.3 is 0 Å². The zero-order valence-corrected chi connectivity index (χ0v) is 17.1. The van der Waals surface area contributed by atoms with Crippen LogP contribution in [-0.2, 0) is 9.59 Å². The van der Waals surface area contributed by atoms with Crippen molar-refractivity contribution in [3.63, 3.8) is 0 Å². The largest absolute Gasteiger partial charge is 0.235 e. The maximum absolute atomic E-state index is 11.5. The highest BCUT2D eigenvalue weighted by Crippen LogP contribution is 2.78. The molecular formula is C24H32N2O2. The molecule has 8 fully saturated rings. The average molecular weight is 381 g/mol. The molecule has 28 heavy (non-hydrogen) atoms. The summed E-state index contributed by atoms with van der Waals surface area (Å²) in [5, 5.41) is 0. The van der Waals surface area contributed by atoms with Crippen LogP contribution in [0.15, 0.2) is 9.98 Å². The number of hydrogen-bond acceptors (Lipinski definition) is 4. The van der Waals surface area contributed by atoms with Gasteiger partial charge in [-0.15, -0.1) is 0 Å². The SMILES string of the molecule is CCC1C2(N=C=O)CC3CC(C2)CC1(C12CC4CC(CC(N=C=O)(C4)C1)C2)C3. The van der Waals surface area contributed by atoms with Crippen LogP contribution in [0.3, 0.4) is 0 Å². The maximum Gasteiger partial charge on any atom is 0.235 e. The van der Waals surface area contributed by atoms with E-state index in [1.54, 1.807) is 0 Å². The Hall–Kier alpha value is -1.24. The van der Waals surface area contributed by atoms with Crippen LogP contribution < -0.4 is 0 Å². The van der Waals surface area contributed by atoms with Gasteiger partial charge in [0.1, 0.15) is 0 Å². The van der Waals surface area contributed by atoms with Crippen LogP contribution in [0.4, 0.5) is 0 Å². The monoisotopic (exact) mass is 380 g/mol. The van der Waals surface area contributed by atoms with Crippen LogP contribution in [0, 0.1) is 40.4 Å². The van der Waals surface area contributed by atoms with Crippen molar-refractivity contribution in [1.29, 1.82) is 0 Å². The van der Waals surface area contributed by atoms with Gasteiger partial charge in [-0.2, -0.15) is 9.98 Å². The van der Waals surface area contributed by atoms with Gasteiger partial charge in [0.05, 0.1) is 11.1 Å². The van der Waals surface area contributed by atoms with Crippen LogP contribution in [-0.4, -0.2) is 23.2 Å². The summed E-state index contributed by atoms with van der Waals surface area (Å²) >= 11 is 0. The molecular weight excluding hydrogens is 348 g/mol. The van der Waals surface area contributed by atoms with Crippen LogP contribution in [0.2, 0.25) is 0 Å². The van der Waals surface area contributed by atoms with Gasteiger partial charge in [-0.05, 0) is 111 Å². The van der Waals surface area contributed by atoms with Gasteiger partial charge in [0.25, 0.3) is 0 Å². The van der Waals surface area contributed by atoms with Gasteiger partial charge in [0, 0.05) is 0 Å². The van der Waals surface area contributed by atoms with Crippen molar-refractivity contribution in [2.45, 2.75) is 95.1 Å². The molecule has 0 aliphatic heterocycles. The van der Waals surface area contributed by atoms with E-state index < -0.39 is 0 Å². The van der Waals surface area contributed by atoms with E-state index in [-0.39, 0.29) is 11.1 Å². The topological polar surface area (TPSA) is 58.9 Å². The smallest absolute Gasteiger partial charge is 0.211 e. The number of aliphatic imine (C=N–C) groups is 2. The quantitative estimate of drug-likeness (QED) is 0.510. The summed E-state index contributed by atoms with van der Waals surface area (Å²) in [6, 6.07) is 0. The molecule has 0 aromatic heterocycles. The highest BCUT2D eigenvalue weighted by Gasteiger charge is 2.73. The van der Waals surface area contributed by atoms with Gasteiger partial charge in [-0.3, -0.25) is 0 Å². The van der Waals surface area contributed by atoms with E-state index in [1.807, 2.05) is 12.2 Å². The van der Waals surface area contributed by atoms with Crippen molar-refractivity contribution < 1.29 is 9.59 Å². The molecule has 150 valence electrons. The lowest BCUT2D eigenvalue weighted by Crippen LogP contribution is -2.70. The molecule has 0 aromatic rings. The molecule has 5 atom stereocenters. The van der Waals surface area contributed by atoms with Gasteiger partial charge in [-0.25, -0.2) is 9.59 Å². The molecule has 0 N–H and O–H groups in total. The normalized spacial score (nSPS) is 57.7. The molecule has 5 unspecified atom stereocenters. The Labute approximate surface area is 167 Å². The maximum atomic E-state index is 11.5. The van der Waals surface area contributed by atoms with Crippen molar-refractivity contribution in [2.24, 2.45) is 50.4 Å². The average Bonchev–Trinajstić information content (AvgIpc) is 2.59. The van der Waals surface area contributed by atoms with Crippen LogP contribution in [0.1, 0.15) is 84.0 Å². The lowest BCUT2D eigenvalue weighted by molar-refractivity contribution is -0.239. The number of nitrogens with zero attached hydrogens (tertiary/aromatic N) is 2. The molecule has 8 aliphatic carbocycles. The summed E-state index contributed by atoms with van der Waals surface area (Å²) in [6.07, 6.45) is 18.6. The number of rotatable bonds is 4. The molecule has 8 saturated carbocycles. The van der Waals surface area contributed by atoms with E-state index in [4.69, 9.17) is 0 Å². The Morgan fingerprint density at radius 3 is 1.89 bits per heavy atom. The van der Waals surface area contributed by atoms with E-state index in [0.717, 1.165) is 62.2 Å². The van der Waals surface area contributed by atoms with Crippen molar-refractivity contribution in [1.82, 2.24) is 0 Å². The van der Waals surface area contributed by atoms with Gasteiger partial charge in [0.15, 0.2) is 0 Å². The third-order valence-corrected chi connectivity index (χ3v) is 10.6. The molecule has 0 amide bonds. The Kier molecular flexibility index (Phi) is 3.44. The minimum atomic E-state index is -0.148. The molecule has 0 aromatic carbocycles. The molecule has 4 heteroatoms. The summed E-state index contributed by atoms with van der Waals surface area (Å²) in [4.78, 5) is 31.9. The summed E-state index contributed by atoms with van der Waals surface area (Å²) in [5.74, 6) is 3.42. The summed E-state index contributed by atoms with van der Waals surface area (Å²) < 4.78 is 0. The minimum absolute atomic E-state index is 0.130. The summed E-state index contributed by atoms with van der Waals surface area (Å²) in [5.41, 5.74) is 0.326. The highest BCUT2D eigenvalue weighted by molar-refractivity contribution is 5.38. The summed E-state index contributed by atoms with van der Waals surface area (Å²) in [6.45, 7) is 2.33. The first-order valence-electron chi connectivity index (χ1n) is 11.7.